The maximum absolute atomic E-state index is 11.7. The molecule has 0 saturated carbocycles. The summed E-state index contributed by atoms with van der Waals surface area (Å²) in [4.78, 5) is 15.9. The van der Waals surface area contributed by atoms with Gasteiger partial charge in [0, 0.05) is 14.0 Å². The highest BCUT2D eigenvalue weighted by Gasteiger charge is 2.14. The van der Waals surface area contributed by atoms with Crippen LogP contribution in [0.3, 0.4) is 0 Å². The summed E-state index contributed by atoms with van der Waals surface area (Å²) in [5, 5.41) is 1.79. The second kappa shape index (κ2) is 5.59. The number of hydrogen-bond acceptors (Lipinski definition) is 3. The lowest BCUT2D eigenvalue weighted by Gasteiger charge is -2.07. The molecular formula is C12H8Cl2INO2. The third kappa shape index (κ3) is 2.70. The molecular weight excluding hydrogens is 388 g/mol. The first-order chi connectivity index (χ1) is 8.52. The van der Waals surface area contributed by atoms with E-state index in [1.807, 2.05) is 0 Å². The Balaban J connectivity index is 2.65. The topological polar surface area (TPSA) is 39.2 Å². The van der Waals surface area contributed by atoms with E-state index in [2.05, 4.69) is 27.6 Å². The summed E-state index contributed by atoms with van der Waals surface area (Å²) in [5.74, 6) is -0.451. The van der Waals surface area contributed by atoms with Crippen molar-refractivity contribution in [2.75, 3.05) is 6.61 Å². The fourth-order valence-corrected chi connectivity index (χ4v) is 3.15. The molecule has 0 N–H and O–H groups in total. The number of rotatable bonds is 2. The molecule has 6 heteroatoms. The van der Waals surface area contributed by atoms with Gasteiger partial charge in [-0.1, -0.05) is 23.2 Å². The third-order valence-electron chi connectivity index (χ3n) is 2.26. The van der Waals surface area contributed by atoms with Gasteiger partial charge in [-0.05, 0) is 47.7 Å². The number of halogens is 3. The third-order valence-corrected chi connectivity index (χ3v) is 3.63. The first-order valence-corrected chi connectivity index (χ1v) is 6.98. The number of aromatic nitrogens is 1. The van der Waals surface area contributed by atoms with Crippen molar-refractivity contribution < 1.29 is 9.53 Å². The predicted molar refractivity (Wildman–Crippen MR) is 80.4 cm³/mol. The summed E-state index contributed by atoms with van der Waals surface area (Å²) < 4.78 is 5.76. The largest absolute Gasteiger partial charge is 0.461 e. The minimum absolute atomic E-state index is 0.257. The summed E-state index contributed by atoms with van der Waals surface area (Å²) in [6, 6.07) is 4.98. The Bertz CT molecular complexity index is 631. The monoisotopic (exact) mass is 395 g/mol. The van der Waals surface area contributed by atoms with Gasteiger partial charge in [-0.2, -0.15) is 0 Å². The van der Waals surface area contributed by atoms with E-state index in [0.29, 0.717) is 22.2 Å². The molecule has 1 aromatic heterocycles. The number of pyridine rings is 1. The van der Waals surface area contributed by atoms with Gasteiger partial charge in [0.2, 0.25) is 0 Å². The Labute approximate surface area is 128 Å². The van der Waals surface area contributed by atoms with Crippen LogP contribution >= 0.6 is 45.8 Å². The van der Waals surface area contributed by atoms with E-state index in [1.165, 1.54) is 0 Å². The van der Waals surface area contributed by atoms with Gasteiger partial charge < -0.3 is 4.74 Å². The van der Waals surface area contributed by atoms with Crippen LogP contribution < -0.4 is 0 Å². The number of esters is 1. The van der Waals surface area contributed by atoms with Crippen LogP contribution in [0.2, 0.25) is 10.0 Å². The van der Waals surface area contributed by atoms with E-state index >= 15 is 0 Å². The summed E-state index contributed by atoms with van der Waals surface area (Å²) >= 11 is 14.1. The van der Waals surface area contributed by atoms with Gasteiger partial charge in [0.05, 0.1) is 17.1 Å². The highest BCUT2D eigenvalue weighted by Crippen LogP contribution is 2.30. The molecule has 94 valence electrons. The fourth-order valence-electron chi connectivity index (χ4n) is 1.55. The van der Waals surface area contributed by atoms with Crippen molar-refractivity contribution in [2.24, 2.45) is 0 Å². The van der Waals surface area contributed by atoms with Crippen LogP contribution in [-0.2, 0) is 4.74 Å². The van der Waals surface area contributed by atoms with Crippen LogP contribution in [0, 0.1) is 3.57 Å². The van der Waals surface area contributed by atoms with Crippen molar-refractivity contribution in [1.82, 2.24) is 4.98 Å². The van der Waals surface area contributed by atoms with Crippen molar-refractivity contribution in [2.45, 2.75) is 6.92 Å². The number of fused-ring (bicyclic) bond motifs is 1. The molecule has 0 radical (unpaired) electrons. The molecule has 0 aliphatic heterocycles. The van der Waals surface area contributed by atoms with Crippen LogP contribution in [0.5, 0.6) is 0 Å². The minimum Gasteiger partial charge on any atom is -0.461 e. The summed E-state index contributed by atoms with van der Waals surface area (Å²) in [6.07, 6.45) is 0. The zero-order valence-corrected chi connectivity index (χ0v) is 13.0. The van der Waals surface area contributed by atoms with Crippen molar-refractivity contribution in [3.05, 3.63) is 37.5 Å². The number of carbonyl (C=O) groups is 1. The van der Waals surface area contributed by atoms with Gasteiger partial charge in [-0.3, -0.25) is 0 Å². The molecule has 0 spiro atoms. The van der Waals surface area contributed by atoms with Crippen LogP contribution in [0.1, 0.15) is 17.4 Å². The SMILES string of the molecule is CCOC(=O)c1cc(I)c2c(Cl)cc(Cl)cc2n1. The second-order valence-corrected chi connectivity index (χ2v) is 5.50. The van der Waals surface area contributed by atoms with E-state index in [-0.39, 0.29) is 5.69 Å². The maximum Gasteiger partial charge on any atom is 0.356 e. The zero-order chi connectivity index (χ0) is 13.3. The zero-order valence-electron chi connectivity index (χ0n) is 9.34. The molecule has 0 atom stereocenters. The van der Waals surface area contributed by atoms with Crippen molar-refractivity contribution in [3.63, 3.8) is 0 Å². The first kappa shape index (κ1) is 13.8. The van der Waals surface area contributed by atoms with Crippen LogP contribution in [0.15, 0.2) is 18.2 Å². The second-order valence-electron chi connectivity index (χ2n) is 3.49. The summed E-state index contributed by atoms with van der Waals surface area (Å²) in [6.45, 7) is 2.06. The molecule has 0 bridgehead atoms. The summed E-state index contributed by atoms with van der Waals surface area (Å²) in [7, 11) is 0. The van der Waals surface area contributed by atoms with Crippen molar-refractivity contribution >= 4 is 62.7 Å². The van der Waals surface area contributed by atoms with Crippen molar-refractivity contribution in [1.29, 1.82) is 0 Å². The Morgan fingerprint density at radius 1 is 1.39 bits per heavy atom. The van der Waals surface area contributed by atoms with Gasteiger partial charge in [-0.15, -0.1) is 0 Å². The molecule has 2 rings (SSSR count). The quantitative estimate of drug-likeness (QED) is 0.561. The molecule has 0 unspecified atom stereocenters. The fraction of sp³-hybridized carbons (Fsp3) is 0.167. The average Bonchev–Trinajstić information content (AvgIpc) is 2.27. The maximum atomic E-state index is 11.7. The molecule has 0 saturated heterocycles. The molecule has 0 fully saturated rings. The van der Waals surface area contributed by atoms with Crippen LogP contribution in [0.25, 0.3) is 10.9 Å². The highest BCUT2D eigenvalue weighted by atomic mass is 127. The number of carbonyl (C=O) groups excluding carboxylic acids is 1. The molecule has 2 aromatic rings. The molecule has 1 aromatic carbocycles. The Morgan fingerprint density at radius 3 is 2.78 bits per heavy atom. The summed E-state index contributed by atoms with van der Waals surface area (Å²) in [5.41, 5.74) is 0.842. The van der Waals surface area contributed by atoms with E-state index < -0.39 is 5.97 Å². The van der Waals surface area contributed by atoms with Gasteiger partial charge in [0.25, 0.3) is 0 Å². The molecule has 0 aliphatic carbocycles. The normalized spacial score (nSPS) is 10.7. The van der Waals surface area contributed by atoms with E-state index in [4.69, 9.17) is 27.9 Å². The van der Waals surface area contributed by atoms with Gasteiger partial charge in [0.15, 0.2) is 0 Å². The number of ether oxygens (including phenoxy) is 1. The first-order valence-electron chi connectivity index (χ1n) is 5.15. The lowest BCUT2D eigenvalue weighted by molar-refractivity contribution is 0.0520. The number of hydrogen-bond donors (Lipinski definition) is 0. The van der Waals surface area contributed by atoms with E-state index in [0.717, 1.165) is 8.96 Å². The number of benzene rings is 1. The Kier molecular flexibility index (Phi) is 4.29. The smallest absolute Gasteiger partial charge is 0.356 e. The lowest BCUT2D eigenvalue weighted by Crippen LogP contribution is -2.07. The van der Waals surface area contributed by atoms with Crippen molar-refractivity contribution in [3.8, 4) is 0 Å². The lowest BCUT2D eigenvalue weighted by atomic mass is 10.2. The number of nitrogens with zero attached hydrogens (tertiary/aromatic N) is 1. The minimum atomic E-state index is -0.451. The molecule has 18 heavy (non-hydrogen) atoms. The van der Waals surface area contributed by atoms with E-state index in [1.54, 1.807) is 25.1 Å². The predicted octanol–water partition coefficient (Wildman–Crippen LogP) is 4.32. The van der Waals surface area contributed by atoms with Crippen LogP contribution in [0.4, 0.5) is 0 Å². The Hall–Kier alpha value is -0.590. The Morgan fingerprint density at radius 2 is 2.11 bits per heavy atom. The molecule has 3 nitrogen and oxygen atoms in total. The van der Waals surface area contributed by atoms with E-state index in [9.17, 15) is 4.79 Å². The molecule has 1 heterocycles. The average molecular weight is 396 g/mol. The highest BCUT2D eigenvalue weighted by molar-refractivity contribution is 14.1. The van der Waals surface area contributed by atoms with Crippen LogP contribution in [-0.4, -0.2) is 17.6 Å². The van der Waals surface area contributed by atoms with Gasteiger partial charge in [0.1, 0.15) is 5.69 Å². The molecule has 0 amide bonds. The standard InChI is InChI=1S/C12H8Cl2INO2/c1-2-18-12(17)10-5-8(15)11-7(14)3-6(13)4-9(11)16-10/h3-5H,2H2,1H3. The van der Waals surface area contributed by atoms with Gasteiger partial charge >= 0.3 is 5.97 Å². The van der Waals surface area contributed by atoms with Gasteiger partial charge in [-0.25, -0.2) is 9.78 Å². The molecule has 0 aliphatic rings.